The second kappa shape index (κ2) is 6.39. The van der Waals surface area contributed by atoms with E-state index >= 15 is 0 Å². The van der Waals surface area contributed by atoms with Gasteiger partial charge >= 0.3 is 5.97 Å². The predicted molar refractivity (Wildman–Crippen MR) is 79.6 cm³/mol. The number of carboxylic acid groups (broad SMARTS) is 1. The van der Waals surface area contributed by atoms with E-state index in [-0.39, 0.29) is 33.3 Å². The van der Waals surface area contributed by atoms with E-state index in [9.17, 15) is 18.3 Å². The molecular formula is C11H13Cl2NO5S2. The zero-order valence-corrected chi connectivity index (χ0v) is 14.1. The van der Waals surface area contributed by atoms with Crippen molar-refractivity contribution < 1.29 is 23.1 Å². The number of rotatable bonds is 5. The van der Waals surface area contributed by atoms with Crippen LogP contribution in [0.1, 0.15) is 6.92 Å². The number of carbonyl (C=O) groups is 1. The first-order valence-corrected chi connectivity index (χ1v) is 9.07. The van der Waals surface area contributed by atoms with Gasteiger partial charge in [0.1, 0.15) is 9.23 Å². The number of carboxylic acids is 1. The summed E-state index contributed by atoms with van der Waals surface area (Å²) < 4.78 is 32.0. The lowest BCUT2D eigenvalue weighted by Crippen LogP contribution is -2.46. The summed E-state index contributed by atoms with van der Waals surface area (Å²) >= 11 is 12.7. The standard InChI is InChI=1S/C11H13Cl2NO5S2/c1-2-14(7-5-19-4-6(7)11(15)16)21(17,18)8-3-9(12)20-10(8)13/h3,6-7H,2,4-5H2,1H3,(H,15,16). The monoisotopic (exact) mass is 373 g/mol. The molecule has 0 bridgehead atoms. The lowest BCUT2D eigenvalue weighted by Gasteiger charge is -2.28. The van der Waals surface area contributed by atoms with E-state index in [1.54, 1.807) is 6.92 Å². The molecule has 2 atom stereocenters. The number of hydrogen-bond acceptors (Lipinski definition) is 5. The highest BCUT2D eigenvalue weighted by molar-refractivity contribution is 7.89. The molecule has 1 aromatic heterocycles. The minimum atomic E-state index is -3.93. The number of ether oxygens (including phenoxy) is 1. The molecule has 2 unspecified atom stereocenters. The van der Waals surface area contributed by atoms with E-state index in [4.69, 9.17) is 27.9 Å². The zero-order chi connectivity index (χ0) is 15.8. The van der Waals surface area contributed by atoms with Crippen LogP contribution in [-0.2, 0) is 19.6 Å². The Morgan fingerprint density at radius 3 is 2.67 bits per heavy atom. The Labute approximate surface area is 136 Å². The highest BCUT2D eigenvalue weighted by atomic mass is 35.5. The third kappa shape index (κ3) is 3.20. The maximum atomic E-state index is 12.7. The molecule has 1 aromatic rings. The van der Waals surface area contributed by atoms with Gasteiger partial charge in [0.2, 0.25) is 10.0 Å². The summed E-state index contributed by atoms with van der Waals surface area (Å²) in [7, 11) is -3.93. The van der Waals surface area contributed by atoms with E-state index in [1.807, 2.05) is 0 Å². The fraction of sp³-hybridized carbons (Fsp3) is 0.545. The van der Waals surface area contributed by atoms with Gasteiger partial charge in [-0.25, -0.2) is 8.42 Å². The highest BCUT2D eigenvalue weighted by Gasteiger charge is 2.43. The summed E-state index contributed by atoms with van der Waals surface area (Å²) in [6.45, 7) is 1.78. The number of thiophene rings is 1. The van der Waals surface area contributed by atoms with Crippen LogP contribution in [0.25, 0.3) is 0 Å². The molecule has 10 heteroatoms. The van der Waals surface area contributed by atoms with E-state index in [0.29, 0.717) is 0 Å². The summed E-state index contributed by atoms with van der Waals surface area (Å²) in [5.41, 5.74) is 0. The Hall–Kier alpha value is -0.380. The van der Waals surface area contributed by atoms with Crippen LogP contribution in [0.4, 0.5) is 0 Å². The van der Waals surface area contributed by atoms with E-state index in [2.05, 4.69) is 0 Å². The Bertz CT molecular complexity index is 645. The number of aliphatic carboxylic acids is 1. The second-order valence-corrected chi connectivity index (χ2v) is 8.59. The van der Waals surface area contributed by atoms with Crippen molar-refractivity contribution in [3.63, 3.8) is 0 Å². The summed E-state index contributed by atoms with van der Waals surface area (Å²) in [4.78, 5) is 11.1. The molecule has 0 spiro atoms. The van der Waals surface area contributed by atoms with Gasteiger partial charge in [0.25, 0.3) is 0 Å². The average molecular weight is 374 g/mol. The van der Waals surface area contributed by atoms with Gasteiger partial charge in [-0.2, -0.15) is 4.31 Å². The molecule has 21 heavy (non-hydrogen) atoms. The highest BCUT2D eigenvalue weighted by Crippen LogP contribution is 2.37. The summed E-state index contributed by atoms with van der Waals surface area (Å²) in [6.07, 6.45) is 0. The van der Waals surface area contributed by atoms with E-state index in [1.165, 1.54) is 6.07 Å². The molecule has 1 saturated heterocycles. The normalized spacial score (nSPS) is 22.9. The summed E-state index contributed by atoms with van der Waals surface area (Å²) in [5, 5.41) is 9.18. The van der Waals surface area contributed by atoms with Gasteiger partial charge in [-0.15, -0.1) is 11.3 Å². The molecule has 2 heterocycles. The first kappa shape index (κ1) is 17.0. The lowest BCUT2D eigenvalue weighted by atomic mass is 10.0. The van der Waals surface area contributed by atoms with Gasteiger partial charge in [-0.1, -0.05) is 30.1 Å². The number of hydrogen-bond donors (Lipinski definition) is 1. The van der Waals surface area contributed by atoms with Gasteiger partial charge in [0.15, 0.2) is 0 Å². The topological polar surface area (TPSA) is 83.9 Å². The summed E-state index contributed by atoms with van der Waals surface area (Å²) in [6, 6.07) is 0.519. The fourth-order valence-corrected chi connectivity index (χ4v) is 6.04. The van der Waals surface area contributed by atoms with Gasteiger partial charge < -0.3 is 9.84 Å². The predicted octanol–water partition coefficient (Wildman–Crippen LogP) is 2.17. The Morgan fingerprint density at radius 2 is 2.19 bits per heavy atom. The molecule has 1 N–H and O–H groups in total. The van der Waals surface area contributed by atoms with Crippen LogP contribution < -0.4 is 0 Å². The maximum absolute atomic E-state index is 12.7. The lowest BCUT2D eigenvalue weighted by molar-refractivity contribution is -0.142. The molecule has 0 aromatic carbocycles. The Balaban J connectivity index is 2.40. The van der Waals surface area contributed by atoms with Crippen LogP contribution in [-0.4, -0.2) is 49.6 Å². The SMILES string of the molecule is CCN(C1COCC1C(=O)O)S(=O)(=O)c1cc(Cl)sc1Cl. The van der Waals surface area contributed by atoms with Crippen LogP contribution >= 0.6 is 34.5 Å². The van der Waals surface area contributed by atoms with Crippen molar-refractivity contribution in [2.45, 2.75) is 17.9 Å². The molecular weight excluding hydrogens is 361 g/mol. The van der Waals surface area contributed by atoms with Gasteiger partial charge in [0.05, 0.1) is 29.5 Å². The van der Waals surface area contributed by atoms with Gasteiger partial charge in [-0.3, -0.25) is 4.79 Å². The van der Waals surface area contributed by atoms with Crippen LogP contribution in [0.3, 0.4) is 0 Å². The fourth-order valence-electron chi connectivity index (χ4n) is 2.27. The molecule has 118 valence electrons. The smallest absolute Gasteiger partial charge is 0.310 e. The van der Waals surface area contributed by atoms with Crippen molar-refractivity contribution in [3.8, 4) is 0 Å². The summed E-state index contributed by atoms with van der Waals surface area (Å²) in [5.74, 6) is -1.98. The van der Waals surface area contributed by atoms with Crippen LogP contribution in [0.15, 0.2) is 11.0 Å². The number of nitrogens with zero attached hydrogens (tertiary/aromatic N) is 1. The van der Waals surface area contributed by atoms with Gasteiger partial charge in [-0.05, 0) is 6.07 Å². The Kier molecular flexibility index (Phi) is 5.17. The molecule has 0 radical (unpaired) electrons. The maximum Gasteiger partial charge on any atom is 0.310 e. The molecule has 6 nitrogen and oxygen atoms in total. The van der Waals surface area contributed by atoms with Crippen LogP contribution in [0, 0.1) is 5.92 Å². The zero-order valence-electron chi connectivity index (χ0n) is 11.0. The molecule has 0 saturated carbocycles. The molecule has 1 aliphatic rings. The van der Waals surface area contributed by atoms with Crippen molar-refractivity contribution in [3.05, 3.63) is 14.7 Å². The third-order valence-electron chi connectivity index (χ3n) is 3.26. The van der Waals surface area contributed by atoms with Crippen molar-refractivity contribution in [2.24, 2.45) is 5.92 Å². The number of halogens is 2. The number of sulfonamides is 1. The molecule has 0 amide bonds. The van der Waals surface area contributed by atoms with Crippen LogP contribution in [0.5, 0.6) is 0 Å². The molecule has 1 fully saturated rings. The molecule has 0 aliphatic carbocycles. The average Bonchev–Trinajstić information content (AvgIpc) is 2.97. The first-order valence-electron chi connectivity index (χ1n) is 6.06. The van der Waals surface area contributed by atoms with E-state index < -0.39 is 28.0 Å². The van der Waals surface area contributed by atoms with Crippen molar-refractivity contribution in [1.29, 1.82) is 0 Å². The van der Waals surface area contributed by atoms with Crippen molar-refractivity contribution >= 4 is 50.5 Å². The minimum Gasteiger partial charge on any atom is -0.481 e. The minimum absolute atomic E-state index is 0.00978. The quantitative estimate of drug-likeness (QED) is 0.854. The largest absolute Gasteiger partial charge is 0.481 e. The van der Waals surface area contributed by atoms with Crippen molar-refractivity contribution in [2.75, 3.05) is 19.8 Å². The van der Waals surface area contributed by atoms with Gasteiger partial charge in [0, 0.05) is 6.54 Å². The van der Waals surface area contributed by atoms with E-state index in [0.717, 1.165) is 15.6 Å². The molecule has 1 aliphatic heterocycles. The Morgan fingerprint density at radius 1 is 1.52 bits per heavy atom. The first-order chi connectivity index (χ1) is 9.78. The van der Waals surface area contributed by atoms with Crippen molar-refractivity contribution in [1.82, 2.24) is 4.31 Å². The third-order valence-corrected chi connectivity index (χ3v) is 7.01. The number of likely N-dealkylation sites (N-methyl/N-ethyl adjacent to an activating group) is 1. The second-order valence-electron chi connectivity index (χ2n) is 4.45. The molecule has 2 rings (SSSR count). The van der Waals surface area contributed by atoms with Crippen LogP contribution in [0.2, 0.25) is 8.67 Å².